The molecule has 0 aromatic carbocycles. The molecule has 0 amide bonds. The van der Waals surface area contributed by atoms with E-state index in [0.717, 1.165) is 30.7 Å². The highest BCUT2D eigenvalue weighted by atomic mass is 16.5. The molecule has 0 saturated carbocycles. The molecule has 4 nitrogen and oxygen atoms in total. The summed E-state index contributed by atoms with van der Waals surface area (Å²) in [6.07, 6.45) is 3.98. The maximum absolute atomic E-state index is 5.81. The molecule has 3 N–H and O–H groups in total. The number of aromatic nitrogens is 1. The van der Waals surface area contributed by atoms with E-state index in [1.165, 1.54) is 0 Å². The topological polar surface area (TPSA) is 60.2 Å². The molecule has 0 radical (unpaired) electrons. The Bertz CT molecular complexity index is 344. The third kappa shape index (κ3) is 2.09. The maximum atomic E-state index is 5.81. The third-order valence-electron chi connectivity index (χ3n) is 3.29. The lowest BCUT2D eigenvalue weighted by Gasteiger charge is -2.32. The molecule has 2 heterocycles. The van der Waals surface area contributed by atoms with Gasteiger partial charge in [-0.25, -0.2) is 0 Å². The maximum Gasteiger partial charge on any atom is 0.0862 e. The number of hydrogen-bond acceptors (Lipinski definition) is 4. The summed E-state index contributed by atoms with van der Waals surface area (Å²) in [5, 5.41) is 0. The van der Waals surface area contributed by atoms with E-state index in [1.54, 1.807) is 0 Å². The first kappa shape index (κ1) is 11.5. The van der Waals surface area contributed by atoms with Gasteiger partial charge in [-0.3, -0.25) is 16.3 Å². The molecule has 1 aromatic heterocycles. The van der Waals surface area contributed by atoms with Crippen molar-refractivity contribution in [3.8, 4) is 0 Å². The van der Waals surface area contributed by atoms with Crippen LogP contribution < -0.4 is 11.3 Å². The molecule has 2 rings (SSSR count). The van der Waals surface area contributed by atoms with E-state index in [4.69, 9.17) is 10.6 Å². The second kappa shape index (κ2) is 4.49. The normalized spacial score (nSPS) is 26.9. The molecular formula is C12H19N3O. The van der Waals surface area contributed by atoms with Crippen LogP contribution in [0.2, 0.25) is 0 Å². The largest absolute Gasteiger partial charge is 0.373 e. The quantitative estimate of drug-likeness (QED) is 0.599. The fraction of sp³-hybridized carbons (Fsp3) is 0.583. The number of aryl methyl sites for hydroxylation is 1. The van der Waals surface area contributed by atoms with E-state index in [9.17, 15) is 0 Å². The SMILES string of the molecule is Cc1ccc(C(NN)C2(C)CCCO2)cn1. The lowest BCUT2D eigenvalue weighted by atomic mass is 9.89. The molecule has 16 heavy (non-hydrogen) atoms. The molecule has 0 spiro atoms. The molecule has 1 aliphatic rings. The molecule has 0 aliphatic carbocycles. The average molecular weight is 221 g/mol. The van der Waals surface area contributed by atoms with Crippen LogP contribution in [-0.4, -0.2) is 17.2 Å². The highest BCUT2D eigenvalue weighted by molar-refractivity contribution is 5.20. The van der Waals surface area contributed by atoms with Gasteiger partial charge in [0.2, 0.25) is 0 Å². The van der Waals surface area contributed by atoms with Crippen molar-refractivity contribution in [1.29, 1.82) is 0 Å². The summed E-state index contributed by atoms with van der Waals surface area (Å²) < 4.78 is 5.81. The fourth-order valence-corrected chi connectivity index (χ4v) is 2.30. The summed E-state index contributed by atoms with van der Waals surface area (Å²) in [6, 6.07) is 4.06. The molecule has 2 atom stereocenters. The third-order valence-corrected chi connectivity index (χ3v) is 3.29. The first-order chi connectivity index (χ1) is 7.65. The van der Waals surface area contributed by atoms with Crippen LogP contribution >= 0.6 is 0 Å². The number of nitrogens with zero attached hydrogens (tertiary/aromatic N) is 1. The van der Waals surface area contributed by atoms with Gasteiger partial charge in [-0.05, 0) is 38.3 Å². The zero-order valence-corrected chi connectivity index (χ0v) is 9.86. The van der Waals surface area contributed by atoms with Crippen molar-refractivity contribution in [2.75, 3.05) is 6.61 Å². The second-order valence-electron chi connectivity index (χ2n) is 4.60. The Labute approximate surface area is 96.2 Å². The highest BCUT2D eigenvalue weighted by Gasteiger charge is 2.38. The van der Waals surface area contributed by atoms with Gasteiger partial charge in [0, 0.05) is 18.5 Å². The summed E-state index contributed by atoms with van der Waals surface area (Å²) in [7, 11) is 0. The smallest absolute Gasteiger partial charge is 0.0862 e. The van der Waals surface area contributed by atoms with Crippen molar-refractivity contribution in [1.82, 2.24) is 10.4 Å². The lowest BCUT2D eigenvalue weighted by Crippen LogP contribution is -2.44. The lowest BCUT2D eigenvalue weighted by molar-refractivity contribution is -0.0126. The highest BCUT2D eigenvalue weighted by Crippen LogP contribution is 2.36. The molecule has 0 bridgehead atoms. The van der Waals surface area contributed by atoms with Crippen molar-refractivity contribution in [2.24, 2.45) is 5.84 Å². The molecular weight excluding hydrogens is 202 g/mol. The van der Waals surface area contributed by atoms with Gasteiger partial charge in [-0.1, -0.05) is 6.07 Å². The van der Waals surface area contributed by atoms with Gasteiger partial charge in [-0.15, -0.1) is 0 Å². The van der Waals surface area contributed by atoms with Gasteiger partial charge in [0.1, 0.15) is 0 Å². The van der Waals surface area contributed by atoms with Crippen molar-refractivity contribution < 1.29 is 4.74 Å². The fourth-order valence-electron chi connectivity index (χ4n) is 2.30. The number of rotatable bonds is 3. The monoisotopic (exact) mass is 221 g/mol. The minimum absolute atomic E-state index is 0.00287. The van der Waals surface area contributed by atoms with Crippen LogP contribution in [0.5, 0.6) is 0 Å². The van der Waals surface area contributed by atoms with E-state index >= 15 is 0 Å². The minimum atomic E-state index is -0.217. The van der Waals surface area contributed by atoms with Crippen LogP contribution in [0.4, 0.5) is 0 Å². The van der Waals surface area contributed by atoms with E-state index in [1.807, 2.05) is 19.2 Å². The number of nitrogens with one attached hydrogen (secondary N) is 1. The summed E-state index contributed by atoms with van der Waals surface area (Å²) in [6.45, 7) is 4.89. The van der Waals surface area contributed by atoms with E-state index in [0.29, 0.717) is 0 Å². The zero-order chi connectivity index (χ0) is 11.6. The van der Waals surface area contributed by atoms with Crippen molar-refractivity contribution in [2.45, 2.75) is 38.3 Å². The Morgan fingerprint density at radius 2 is 2.38 bits per heavy atom. The van der Waals surface area contributed by atoms with Crippen LogP contribution in [-0.2, 0) is 4.74 Å². The number of nitrogens with two attached hydrogens (primary N) is 1. The first-order valence-electron chi connectivity index (χ1n) is 5.68. The second-order valence-corrected chi connectivity index (χ2v) is 4.60. The molecule has 4 heteroatoms. The molecule has 1 aliphatic heterocycles. The van der Waals surface area contributed by atoms with E-state index < -0.39 is 0 Å². The van der Waals surface area contributed by atoms with Gasteiger partial charge in [0.15, 0.2) is 0 Å². The Hall–Kier alpha value is -0.970. The summed E-state index contributed by atoms with van der Waals surface area (Å²) in [4.78, 5) is 4.30. The average Bonchev–Trinajstić information content (AvgIpc) is 2.70. The summed E-state index contributed by atoms with van der Waals surface area (Å²) >= 11 is 0. The molecule has 2 unspecified atom stereocenters. The predicted molar refractivity (Wildman–Crippen MR) is 62.6 cm³/mol. The van der Waals surface area contributed by atoms with Crippen LogP contribution in [0.3, 0.4) is 0 Å². The van der Waals surface area contributed by atoms with Gasteiger partial charge in [0.25, 0.3) is 0 Å². The number of pyridine rings is 1. The molecule has 88 valence electrons. The number of hydrazine groups is 1. The van der Waals surface area contributed by atoms with Gasteiger partial charge >= 0.3 is 0 Å². The summed E-state index contributed by atoms with van der Waals surface area (Å²) in [5.41, 5.74) is 4.73. The molecule has 1 saturated heterocycles. The Kier molecular flexibility index (Phi) is 3.23. The Balaban J connectivity index is 2.25. The number of hydrogen-bond donors (Lipinski definition) is 2. The standard InChI is InChI=1S/C12H19N3O/c1-9-4-5-10(8-14-9)11(15-13)12(2)6-3-7-16-12/h4-5,8,11,15H,3,6-7,13H2,1-2H3. The number of ether oxygens (including phenoxy) is 1. The van der Waals surface area contributed by atoms with Crippen molar-refractivity contribution >= 4 is 0 Å². The van der Waals surface area contributed by atoms with E-state index in [2.05, 4.69) is 23.4 Å². The molecule has 1 aromatic rings. The minimum Gasteiger partial charge on any atom is -0.373 e. The van der Waals surface area contributed by atoms with Crippen LogP contribution in [0.15, 0.2) is 18.3 Å². The van der Waals surface area contributed by atoms with Crippen LogP contribution in [0, 0.1) is 6.92 Å². The van der Waals surface area contributed by atoms with Crippen molar-refractivity contribution in [3.05, 3.63) is 29.6 Å². The zero-order valence-electron chi connectivity index (χ0n) is 9.86. The van der Waals surface area contributed by atoms with E-state index in [-0.39, 0.29) is 11.6 Å². The predicted octanol–water partition coefficient (Wildman–Crippen LogP) is 1.46. The first-order valence-corrected chi connectivity index (χ1v) is 5.68. The van der Waals surface area contributed by atoms with Gasteiger partial charge in [-0.2, -0.15) is 0 Å². The van der Waals surface area contributed by atoms with Crippen molar-refractivity contribution in [3.63, 3.8) is 0 Å². The van der Waals surface area contributed by atoms with Gasteiger partial charge < -0.3 is 4.74 Å². The summed E-state index contributed by atoms with van der Waals surface area (Å²) in [5.74, 6) is 5.65. The Morgan fingerprint density at radius 3 is 2.88 bits per heavy atom. The van der Waals surface area contributed by atoms with Gasteiger partial charge in [0.05, 0.1) is 11.6 Å². The Morgan fingerprint density at radius 1 is 1.56 bits per heavy atom. The van der Waals surface area contributed by atoms with Crippen LogP contribution in [0.25, 0.3) is 0 Å². The van der Waals surface area contributed by atoms with Crippen LogP contribution in [0.1, 0.15) is 37.1 Å². The molecule has 1 fully saturated rings.